The van der Waals surface area contributed by atoms with E-state index in [-0.39, 0.29) is 265 Å². The van der Waals surface area contributed by atoms with Gasteiger partial charge in [0.15, 0.2) is 0 Å². The Balaban J connectivity index is 0.00000648. The van der Waals surface area contributed by atoms with Crippen LogP contribution in [0.5, 0.6) is 23.0 Å². The predicted octanol–water partition coefficient (Wildman–Crippen LogP) is -8.34. The first kappa shape index (κ1) is 69.6. The molecule has 0 heterocycles. The van der Waals surface area contributed by atoms with Gasteiger partial charge in [-0.2, -0.15) is 0 Å². The Bertz CT molecular complexity index is 2400. The minimum Gasteiger partial charge on any atom is -0.744 e. The summed E-state index contributed by atoms with van der Waals surface area (Å²) in [7, 11) is -21.2. The average molecular weight is 1120 g/mol. The summed E-state index contributed by atoms with van der Waals surface area (Å²) < 4.78 is 202. The van der Waals surface area contributed by atoms with Gasteiger partial charge < -0.3 is 56.1 Å². The van der Waals surface area contributed by atoms with Crippen LogP contribution in [0.3, 0.4) is 0 Å². The Kier molecular flexibility index (Phi) is 30.8. The molecule has 4 aromatic carbocycles. The molecule has 376 valence electrons. The molecule has 5 rings (SSSR count). The molecule has 4 aromatic rings. The molecule has 0 amide bonds. The van der Waals surface area contributed by atoms with Crippen LogP contribution in [0, 0.1) is 0 Å². The molecule has 1 aliphatic rings. The minimum atomic E-state index is -5.30. The van der Waals surface area contributed by atoms with E-state index < -0.39 is 85.7 Å². The summed E-state index contributed by atoms with van der Waals surface area (Å²) in [6.07, 6.45) is -2.01. The van der Waals surface area contributed by atoms with Gasteiger partial charge in [0, 0.05) is 96.6 Å². The minimum absolute atomic E-state index is 0. The molecule has 28 heteroatoms. The molecule has 0 saturated carbocycles. The van der Waals surface area contributed by atoms with Crippen molar-refractivity contribution in [1.82, 2.24) is 0 Å². The molecule has 1 aliphatic carbocycles. The first-order valence-electron chi connectivity index (χ1n) is 21.4. The second-order valence-electron chi connectivity index (χ2n) is 15.0. The van der Waals surface area contributed by atoms with Crippen LogP contribution in [0.15, 0.2) is 68.1 Å². The second-order valence-corrected chi connectivity index (χ2v) is 20.5. The van der Waals surface area contributed by atoms with Gasteiger partial charge in [0.1, 0.15) is 89.9 Å². The molecule has 0 aliphatic heterocycles. The van der Waals surface area contributed by atoms with Crippen LogP contribution >= 0.6 is 0 Å². The summed E-state index contributed by atoms with van der Waals surface area (Å²) >= 11 is 0. The summed E-state index contributed by atoms with van der Waals surface area (Å²) in [5.74, 6) is -0.281. The van der Waals surface area contributed by atoms with Crippen LogP contribution < -0.4 is 137 Å². The maximum absolute atomic E-state index is 12.9. The van der Waals surface area contributed by atoms with Crippen molar-refractivity contribution in [3.05, 3.63) is 93.0 Å². The summed E-state index contributed by atoms with van der Waals surface area (Å²) in [5.41, 5.74) is -0.482. The quantitative estimate of drug-likeness (QED) is 0.0315. The van der Waals surface area contributed by atoms with Gasteiger partial charge in [-0.3, -0.25) is 0 Å². The van der Waals surface area contributed by atoms with Crippen molar-refractivity contribution in [1.29, 1.82) is 0 Å². The normalized spacial score (nSPS) is 12.6. The maximum atomic E-state index is 12.9. The monoisotopic (exact) mass is 1120 g/mol. The first-order chi connectivity index (χ1) is 32.1. The molecule has 8 bridgehead atoms. The molecule has 0 N–H and O–H groups in total. The van der Waals surface area contributed by atoms with Crippen LogP contribution in [0.2, 0.25) is 0 Å². The fraction of sp³-hybridized carbons (Fsp3) is 0.455. The average Bonchev–Trinajstić information content (AvgIpc) is 3.24. The molecule has 0 atom stereocenters. The van der Waals surface area contributed by atoms with Gasteiger partial charge in [0.2, 0.25) is 0 Å². The summed E-state index contributed by atoms with van der Waals surface area (Å²) in [6.45, 7) is 7.40. The molecule has 0 spiro atoms. The first-order valence-corrected chi connectivity index (χ1v) is 27.0. The Morgan fingerprint density at radius 1 is 0.319 bits per heavy atom. The zero-order valence-electron chi connectivity index (χ0n) is 41.7. The van der Waals surface area contributed by atoms with E-state index in [9.17, 15) is 51.9 Å². The van der Waals surface area contributed by atoms with E-state index >= 15 is 0 Å². The van der Waals surface area contributed by atoms with Crippen LogP contribution in [-0.4, -0.2) is 131 Å². The molecule has 72 heavy (non-hydrogen) atoms. The van der Waals surface area contributed by atoms with Gasteiger partial charge in [-0.15, -0.1) is 0 Å². The smallest absolute Gasteiger partial charge is 0.744 e. The van der Waals surface area contributed by atoms with Gasteiger partial charge >= 0.3 is 118 Å². The van der Waals surface area contributed by atoms with Gasteiger partial charge in [-0.25, -0.2) is 33.7 Å². The number of rotatable bonds is 24. The van der Waals surface area contributed by atoms with Crippen molar-refractivity contribution < 1.29 is 208 Å². The maximum Gasteiger partial charge on any atom is 1.00 e. The van der Waals surface area contributed by atoms with E-state index in [1.807, 2.05) is 0 Å². The molecule has 0 fully saturated rings. The standard InChI is InChI=1S/C44H56O20S4.4Na/c1-5-57-9-13-61-41-29-17-31-23-38(66(48,49)50)25-33(42(31)62-14-10-58-6-2)19-35-27-40(68(54,55)56)28-36(44(35)64-16-12-60-8-4)20-34-26-39(67(51,52)53)24-32(43(34)63-15-11-59-7-3)18-30(41)22-37(21-29)65(45,46)47;;;;/h21-28H,5-20H2,1-4H3,(H,45,46,47)(H,48,49,50)(H,51,52,53)(H,54,55,56);;;;/q;4*+1/p-4. The Hall–Kier alpha value is -0.440. The van der Waals surface area contributed by atoms with E-state index in [2.05, 4.69) is 0 Å². The van der Waals surface area contributed by atoms with E-state index in [0.717, 1.165) is 48.5 Å². The van der Waals surface area contributed by atoms with Crippen molar-refractivity contribution in [2.45, 2.75) is 73.0 Å². The third kappa shape index (κ3) is 20.1. The Labute approximate surface area is 510 Å². The van der Waals surface area contributed by atoms with E-state index in [4.69, 9.17) is 37.9 Å². The second kappa shape index (κ2) is 31.8. The number of ether oxygens (including phenoxy) is 8. The van der Waals surface area contributed by atoms with Gasteiger partial charge in [0.05, 0.1) is 46.0 Å². The SMILES string of the molecule is CCOCCOc1c2cc(S(=O)(=O)[O-])cc1Cc1cc(S(=O)(=O)[O-])cc(c1OCCOCC)Cc1cc(S(=O)(=O)[O-])cc(c1OCCOCC)Cc1cc(S(=O)(=O)[O-])cc(c1OCCOCC)C2.[Na+].[Na+].[Na+].[Na+]. The van der Waals surface area contributed by atoms with E-state index in [1.54, 1.807) is 27.7 Å². The molecule has 0 radical (unpaired) electrons. The summed E-state index contributed by atoms with van der Waals surface area (Å²) in [4.78, 5) is -3.13. The summed E-state index contributed by atoms with van der Waals surface area (Å²) in [6, 6.07) is 7.97. The van der Waals surface area contributed by atoms with Crippen LogP contribution in [0.1, 0.15) is 72.2 Å². The van der Waals surface area contributed by atoms with Crippen LogP contribution in [0.4, 0.5) is 0 Å². The predicted molar refractivity (Wildman–Crippen MR) is 237 cm³/mol. The Morgan fingerprint density at radius 2 is 0.472 bits per heavy atom. The third-order valence-electron chi connectivity index (χ3n) is 10.3. The van der Waals surface area contributed by atoms with Crippen LogP contribution in [-0.2, 0) is 85.1 Å². The van der Waals surface area contributed by atoms with Crippen molar-refractivity contribution in [2.24, 2.45) is 0 Å². The van der Waals surface area contributed by atoms with E-state index in [0.29, 0.717) is 0 Å². The molecule has 20 nitrogen and oxygen atoms in total. The zero-order valence-corrected chi connectivity index (χ0v) is 53.0. The summed E-state index contributed by atoms with van der Waals surface area (Å²) in [5, 5.41) is 0. The molecule has 0 unspecified atom stereocenters. The number of hydrogen-bond donors (Lipinski definition) is 0. The van der Waals surface area contributed by atoms with Crippen molar-refractivity contribution in [3.8, 4) is 23.0 Å². The molecule has 0 saturated heterocycles. The van der Waals surface area contributed by atoms with Crippen molar-refractivity contribution in [3.63, 3.8) is 0 Å². The van der Waals surface area contributed by atoms with Gasteiger partial charge in [0.25, 0.3) is 0 Å². The molecular weight excluding hydrogens is 1070 g/mol. The van der Waals surface area contributed by atoms with Crippen molar-refractivity contribution >= 4 is 40.5 Å². The van der Waals surface area contributed by atoms with Crippen LogP contribution in [0.25, 0.3) is 0 Å². The zero-order chi connectivity index (χ0) is 49.9. The van der Waals surface area contributed by atoms with Crippen molar-refractivity contribution in [2.75, 3.05) is 79.3 Å². The van der Waals surface area contributed by atoms with E-state index in [1.165, 1.54) is 0 Å². The number of benzene rings is 4. The number of hydrogen-bond acceptors (Lipinski definition) is 20. The topological polar surface area (TPSA) is 303 Å². The fourth-order valence-electron chi connectivity index (χ4n) is 7.47. The van der Waals surface area contributed by atoms with Gasteiger partial charge in [-0.1, -0.05) is 0 Å². The Morgan fingerprint density at radius 3 is 0.597 bits per heavy atom. The fourth-order valence-corrected chi connectivity index (χ4v) is 9.76. The third-order valence-corrected chi connectivity index (χ3v) is 13.5. The van der Waals surface area contributed by atoms with Gasteiger partial charge in [-0.05, 0) is 76.2 Å². The molecular formula is C44H52Na4O20S4. The number of fused-ring (bicyclic) bond motifs is 8. The largest absolute Gasteiger partial charge is 1.00 e. The molecule has 0 aromatic heterocycles.